The normalized spacial score (nSPS) is 15.1. The van der Waals surface area contributed by atoms with E-state index < -0.39 is 0 Å². The van der Waals surface area contributed by atoms with E-state index in [0.717, 1.165) is 22.5 Å². The minimum Gasteiger partial charge on any atom is -0.393 e. The van der Waals surface area contributed by atoms with E-state index in [1.807, 2.05) is 24.3 Å². The molecule has 7 heteroatoms. The zero-order valence-electron chi connectivity index (χ0n) is 18.5. The number of piperidine rings is 1. The number of halogens is 1. The molecule has 1 aliphatic rings. The van der Waals surface area contributed by atoms with Crippen LogP contribution in [-0.4, -0.2) is 50.1 Å². The molecule has 0 saturated carbocycles. The minimum absolute atomic E-state index is 0.0655. The van der Waals surface area contributed by atoms with Gasteiger partial charge >= 0.3 is 0 Å². The van der Waals surface area contributed by atoms with E-state index >= 15 is 0 Å². The van der Waals surface area contributed by atoms with Crippen LogP contribution < -0.4 is 0 Å². The fourth-order valence-corrected chi connectivity index (χ4v) is 4.05. The van der Waals surface area contributed by atoms with Crippen molar-refractivity contribution in [3.05, 3.63) is 65.2 Å². The van der Waals surface area contributed by atoms with E-state index in [1.165, 1.54) is 6.33 Å². The van der Waals surface area contributed by atoms with Crippen LogP contribution in [0.4, 0.5) is 0 Å². The van der Waals surface area contributed by atoms with Gasteiger partial charge in [-0.2, -0.15) is 0 Å². The predicted molar refractivity (Wildman–Crippen MR) is 126 cm³/mol. The van der Waals surface area contributed by atoms with Crippen molar-refractivity contribution < 1.29 is 9.90 Å². The number of rotatable bonds is 3. The Balaban J connectivity index is 1.60. The number of pyridine rings is 1. The van der Waals surface area contributed by atoms with Crippen molar-refractivity contribution in [1.29, 1.82) is 0 Å². The Morgan fingerprint density at radius 1 is 1.03 bits per heavy atom. The highest BCUT2D eigenvalue weighted by atomic mass is 35.5. The highest BCUT2D eigenvalue weighted by Crippen LogP contribution is 2.31. The van der Waals surface area contributed by atoms with Crippen LogP contribution in [0.3, 0.4) is 0 Å². The van der Waals surface area contributed by atoms with Gasteiger partial charge in [0.25, 0.3) is 5.91 Å². The van der Waals surface area contributed by atoms with Crippen molar-refractivity contribution in [3.63, 3.8) is 0 Å². The van der Waals surface area contributed by atoms with Crippen molar-refractivity contribution in [3.8, 4) is 22.5 Å². The lowest BCUT2D eigenvalue weighted by Gasteiger charge is -2.29. The molecule has 166 valence electrons. The van der Waals surface area contributed by atoms with Crippen molar-refractivity contribution in [2.45, 2.75) is 45.1 Å². The van der Waals surface area contributed by atoms with Gasteiger partial charge in [0.05, 0.1) is 22.5 Å². The third-order valence-corrected chi connectivity index (χ3v) is 6.05. The number of hydrogen-bond acceptors (Lipinski definition) is 5. The summed E-state index contributed by atoms with van der Waals surface area (Å²) in [5.74, 6) is -0.0692. The van der Waals surface area contributed by atoms with Gasteiger partial charge in [-0.1, -0.05) is 38.4 Å². The van der Waals surface area contributed by atoms with Crippen LogP contribution >= 0.6 is 11.6 Å². The molecule has 1 fully saturated rings. The summed E-state index contributed by atoms with van der Waals surface area (Å²) < 4.78 is 0. The molecule has 3 heterocycles. The molecule has 1 saturated heterocycles. The molecule has 32 heavy (non-hydrogen) atoms. The number of likely N-dealkylation sites (tertiary alicyclic amines) is 1. The van der Waals surface area contributed by atoms with Gasteiger partial charge in [-0.25, -0.2) is 9.97 Å². The van der Waals surface area contributed by atoms with Crippen LogP contribution in [0.2, 0.25) is 5.02 Å². The van der Waals surface area contributed by atoms with E-state index in [9.17, 15) is 9.90 Å². The van der Waals surface area contributed by atoms with Crippen LogP contribution in [0.1, 0.15) is 49.7 Å². The average molecular weight is 451 g/mol. The van der Waals surface area contributed by atoms with Gasteiger partial charge in [0.1, 0.15) is 6.33 Å². The molecule has 6 nitrogen and oxygen atoms in total. The van der Waals surface area contributed by atoms with Crippen molar-refractivity contribution in [2.24, 2.45) is 0 Å². The Kier molecular flexibility index (Phi) is 6.26. The molecule has 3 aromatic rings. The average Bonchev–Trinajstić information content (AvgIpc) is 2.78. The molecule has 1 aliphatic heterocycles. The molecule has 0 bridgehead atoms. The van der Waals surface area contributed by atoms with E-state index in [1.54, 1.807) is 23.2 Å². The van der Waals surface area contributed by atoms with Crippen LogP contribution in [0.25, 0.3) is 22.5 Å². The number of carbonyl (C=O) groups excluding carboxylic acids is 1. The Morgan fingerprint density at radius 3 is 2.44 bits per heavy atom. The summed E-state index contributed by atoms with van der Waals surface area (Å²) >= 11 is 6.57. The van der Waals surface area contributed by atoms with E-state index in [4.69, 9.17) is 11.6 Å². The summed E-state index contributed by atoms with van der Waals surface area (Å²) in [6, 6.07) is 11.2. The topological polar surface area (TPSA) is 79.2 Å². The molecule has 0 radical (unpaired) electrons. The fourth-order valence-electron chi connectivity index (χ4n) is 3.77. The van der Waals surface area contributed by atoms with Crippen LogP contribution in [0, 0.1) is 0 Å². The number of aliphatic hydroxyl groups is 1. The number of benzene rings is 1. The van der Waals surface area contributed by atoms with Gasteiger partial charge in [-0.3, -0.25) is 9.78 Å². The number of nitrogens with zero attached hydrogens (tertiary/aromatic N) is 4. The predicted octanol–water partition coefficient (Wildman–Crippen LogP) is 4.75. The highest BCUT2D eigenvalue weighted by molar-refractivity contribution is 6.33. The first-order valence-corrected chi connectivity index (χ1v) is 11.2. The zero-order valence-corrected chi connectivity index (χ0v) is 19.3. The Labute approximate surface area is 193 Å². The second-order valence-corrected chi connectivity index (χ2v) is 9.59. The third kappa shape index (κ3) is 4.81. The fraction of sp³-hybridized carbons (Fsp3) is 0.360. The van der Waals surface area contributed by atoms with Crippen LogP contribution in [0.5, 0.6) is 0 Å². The number of carbonyl (C=O) groups is 1. The number of aliphatic hydroxyl groups excluding tert-OH is 1. The molecule has 0 spiro atoms. The summed E-state index contributed by atoms with van der Waals surface area (Å²) in [4.78, 5) is 27.9. The first-order chi connectivity index (χ1) is 15.2. The Hall–Kier alpha value is -2.83. The van der Waals surface area contributed by atoms with Gasteiger partial charge in [0.2, 0.25) is 0 Å². The minimum atomic E-state index is -0.322. The molecule has 0 aliphatic carbocycles. The smallest absolute Gasteiger partial charge is 0.253 e. The lowest BCUT2D eigenvalue weighted by molar-refractivity contribution is 0.0546. The lowest BCUT2D eigenvalue weighted by Crippen LogP contribution is -2.40. The molecular weight excluding hydrogens is 424 g/mol. The second-order valence-electron chi connectivity index (χ2n) is 9.19. The molecule has 2 aromatic heterocycles. The Morgan fingerprint density at radius 2 is 1.75 bits per heavy atom. The SMILES string of the molecule is CC(C)(C)c1cc(-c2cc(-c3ccc(C(=O)N4CCC(O)CC4)cc3Cl)ncn2)ccn1. The van der Waals surface area contributed by atoms with Crippen molar-refractivity contribution in [1.82, 2.24) is 19.9 Å². The van der Waals surface area contributed by atoms with E-state index in [2.05, 4.69) is 35.7 Å². The zero-order chi connectivity index (χ0) is 22.9. The summed E-state index contributed by atoms with van der Waals surface area (Å²) in [5.41, 5.74) is 4.63. The number of amides is 1. The highest BCUT2D eigenvalue weighted by Gasteiger charge is 2.23. The van der Waals surface area contributed by atoms with E-state index in [-0.39, 0.29) is 17.4 Å². The first-order valence-electron chi connectivity index (χ1n) is 10.8. The molecule has 4 rings (SSSR count). The third-order valence-electron chi connectivity index (χ3n) is 5.73. The lowest BCUT2D eigenvalue weighted by atomic mass is 9.90. The number of aromatic nitrogens is 3. The maximum Gasteiger partial charge on any atom is 0.253 e. The Bertz CT molecular complexity index is 1130. The largest absolute Gasteiger partial charge is 0.393 e. The molecule has 1 amide bonds. The summed E-state index contributed by atoms with van der Waals surface area (Å²) in [6.07, 6.45) is 4.21. The monoisotopic (exact) mass is 450 g/mol. The molecule has 1 N–H and O–H groups in total. The van der Waals surface area contributed by atoms with E-state index in [0.29, 0.717) is 42.2 Å². The molecule has 1 aromatic carbocycles. The molecule has 0 unspecified atom stereocenters. The summed E-state index contributed by atoms with van der Waals surface area (Å²) in [7, 11) is 0. The maximum absolute atomic E-state index is 12.8. The van der Waals surface area contributed by atoms with Crippen LogP contribution in [-0.2, 0) is 5.41 Å². The maximum atomic E-state index is 12.8. The van der Waals surface area contributed by atoms with Gasteiger partial charge in [-0.05, 0) is 43.2 Å². The van der Waals surface area contributed by atoms with Gasteiger partial charge < -0.3 is 10.0 Å². The van der Waals surface area contributed by atoms with Gasteiger partial charge in [-0.15, -0.1) is 0 Å². The first kappa shape index (κ1) is 22.4. The van der Waals surface area contributed by atoms with Crippen molar-refractivity contribution in [2.75, 3.05) is 13.1 Å². The summed E-state index contributed by atoms with van der Waals surface area (Å²) in [6.45, 7) is 7.48. The standard InChI is InChI=1S/C25H27ClN4O2/c1-25(2,3)23-13-16(6-9-27-23)21-14-22(29-15-28-21)19-5-4-17(12-20(19)26)24(32)30-10-7-18(31)8-11-30/h4-6,9,12-15,18,31H,7-8,10-11H2,1-3H3. The van der Waals surface area contributed by atoms with Crippen molar-refractivity contribution >= 4 is 17.5 Å². The van der Waals surface area contributed by atoms with Gasteiger partial charge in [0.15, 0.2) is 0 Å². The van der Waals surface area contributed by atoms with Gasteiger partial charge in [0, 0.05) is 47.1 Å². The molecular formula is C25H27ClN4O2. The number of hydrogen-bond donors (Lipinski definition) is 1. The quantitative estimate of drug-likeness (QED) is 0.622. The van der Waals surface area contributed by atoms with Crippen LogP contribution in [0.15, 0.2) is 48.9 Å². The summed E-state index contributed by atoms with van der Waals surface area (Å²) in [5, 5.41) is 10.1. The second kappa shape index (κ2) is 8.96. The molecule has 0 atom stereocenters.